The molecule has 0 aromatic heterocycles. The minimum atomic E-state index is -1.04. The van der Waals surface area contributed by atoms with Gasteiger partial charge >= 0.3 is 6.09 Å². The summed E-state index contributed by atoms with van der Waals surface area (Å²) in [5, 5.41) is 16.8. The van der Waals surface area contributed by atoms with Crippen molar-refractivity contribution in [2.75, 3.05) is 13.2 Å². The molecule has 0 saturated carbocycles. The third-order valence-electron chi connectivity index (χ3n) is 0.735. The normalized spacial score (nSPS) is 12.3. The van der Waals surface area contributed by atoms with Crippen molar-refractivity contribution in [3.8, 4) is 0 Å². The van der Waals surface area contributed by atoms with Crippen LogP contribution in [0.3, 0.4) is 0 Å². The fourth-order valence-electron chi connectivity index (χ4n) is 0.266. The lowest BCUT2D eigenvalue weighted by Gasteiger charge is -2.06. The van der Waals surface area contributed by atoms with Gasteiger partial charge in [-0.1, -0.05) is 0 Å². The summed E-state index contributed by atoms with van der Waals surface area (Å²) in [6.07, 6.45) is -1.88. The molecule has 0 fully saturated rings. The van der Waals surface area contributed by atoms with Crippen LogP contribution in [0.4, 0.5) is 4.79 Å². The van der Waals surface area contributed by atoms with Crippen LogP contribution in [0.5, 0.6) is 0 Å². The summed E-state index contributed by atoms with van der Waals surface area (Å²) in [7, 11) is 0. The van der Waals surface area contributed by atoms with Crippen molar-refractivity contribution >= 4 is 6.09 Å². The second-order valence-electron chi connectivity index (χ2n) is 1.58. The van der Waals surface area contributed by atoms with Gasteiger partial charge < -0.3 is 14.9 Å². The van der Waals surface area contributed by atoms with E-state index in [1.165, 1.54) is 0 Å². The van der Waals surface area contributed by atoms with Crippen LogP contribution in [0, 0.1) is 0 Å². The number of aliphatic hydroxyl groups excluding tert-OH is 2. The molecule has 0 radical (unpaired) electrons. The van der Waals surface area contributed by atoms with E-state index in [9.17, 15) is 4.79 Å². The van der Waals surface area contributed by atoms with Gasteiger partial charge in [-0.3, -0.25) is 5.43 Å². The van der Waals surface area contributed by atoms with Crippen LogP contribution in [0.25, 0.3) is 0 Å². The summed E-state index contributed by atoms with van der Waals surface area (Å²) < 4.78 is 4.26. The molecule has 5 N–H and O–H groups in total. The Kier molecular flexibility index (Phi) is 4.55. The van der Waals surface area contributed by atoms with Crippen molar-refractivity contribution in [1.82, 2.24) is 5.43 Å². The number of ether oxygens (including phenoxy) is 1. The first kappa shape index (κ1) is 9.15. The van der Waals surface area contributed by atoms with Gasteiger partial charge in [0.1, 0.15) is 12.7 Å². The van der Waals surface area contributed by atoms with Gasteiger partial charge in [-0.25, -0.2) is 10.6 Å². The van der Waals surface area contributed by atoms with E-state index in [-0.39, 0.29) is 6.61 Å². The Morgan fingerprint density at radius 2 is 2.40 bits per heavy atom. The van der Waals surface area contributed by atoms with E-state index in [0.29, 0.717) is 0 Å². The molecule has 0 heterocycles. The van der Waals surface area contributed by atoms with Crippen LogP contribution in [-0.2, 0) is 4.74 Å². The maximum Gasteiger partial charge on any atom is 0.421 e. The van der Waals surface area contributed by atoms with Crippen molar-refractivity contribution in [2.24, 2.45) is 5.84 Å². The Bertz CT molecular complexity index is 107. The van der Waals surface area contributed by atoms with Crippen LogP contribution in [0.2, 0.25) is 0 Å². The fraction of sp³-hybridized carbons (Fsp3) is 0.750. The summed E-state index contributed by atoms with van der Waals surface area (Å²) in [5.74, 6) is 4.63. The van der Waals surface area contributed by atoms with Gasteiger partial charge in [0.25, 0.3) is 0 Å². The number of carbonyl (C=O) groups is 1. The van der Waals surface area contributed by atoms with Gasteiger partial charge in [-0.05, 0) is 0 Å². The van der Waals surface area contributed by atoms with E-state index in [1.54, 1.807) is 5.43 Å². The van der Waals surface area contributed by atoms with Gasteiger partial charge in [-0.2, -0.15) is 0 Å². The van der Waals surface area contributed by atoms with E-state index in [2.05, 4.69) is 10.6 Å². The quantitative estimate of drug-likeness (QED) is 0.210. The molecular weight excluding hydrogens is 140 g/mol. The van der Waals surface area contributed by atoms with E-state index in [4.69, 9.17) is 10.2 Å². The molecule has 0 rings (SSSR count). The Balaban J connectivity index is 3.26. The van der Waals surface area contributed by atoms with E-state index in [0.717, 1.165) is 0 Å². The highest BCUT2D eigenvalue weighted by Crippen LogP contribution is 1.82. The number of rotatable bonds is 3. The monoisotopic (exact) mass is 150 g/mol. The lowest BCUT2D eigenvalue weighted by Crippen LogP contribution is -2.33. The first-order valence-electron chi connectivity index (χ1n) is 2.63. The Morgan fingerprint density at radius 1 is 1.80 bits per heavy atom. The number of nitrogens with two attached hydrogens (primary N) is 1. The second kappa shape index (κ2) is 4.98. The highest BCUT2D eigenvalue weighted by molar-refractivity contribution is 5.66. The molecule has 0 aromatic carbocycles. The predicted molar refractivity (Wildman–Crippen MR) is 31.8 cm³/mol. The Hall–Kier alpha value is -0.850. The average molecular weight is 150 g/mol. The molecule has 0 aliphatic rings. The van der Waals surface area contributed by atoms with Crippen LogP contribution < -0.4 is 11.3 Å². The maximum atomic E-state index is 10.2. The van der Waals surface area contributed by atoms with Crippen molar-refractivity contribution in [3.63, 3.8) is 0 Å². The number of nitrogens with one attached hydrogen (secondary N) is 1. The number of hydrazine groups is 1. The van der Waals surface area contributed by atoms with Crippen LogP contribution in [0.15, 0.2) is 0 Å². The van der Waals surface area contributed by atoms with E-state index >= 15 is 0 Å². The molecule has 60 valence electrons. The summed E-state index contributed by atoms with van der Waals surface area (Å²) >= 11 is 0. The molecule has 0 aromatic rings. The van der Waals surface area contributed by atoms with E-state index < -0.39 is 18.8 Å². The second-order valence-corrected chi connectivity index (χ2v) is 1.58. The minimum absolute atomic E-state index is 0.264. The molecule has 0 aliphatic heterocycles. The average Bonchev–Trinajstić information content (AvgIpc) is 1.99. The number of aliphatic hydroxyl groups is 2. The predicted octanol–water partition coefficient (Wildman–Crippen LogP) is -2.06. The van der Waals surface area contributed by atoms with Crippen molar-refractivity contribution in [3.05, 3.63) is 0 Å². The molecule has 6 heteroatoms. The molecule has 0 bridgehead atoms. The number of hydrogen-bond acceptors (Lipinski definition) is 5. The Morgan fingerprint density at radius 3 is 2.80 bits per heavy atom. The smallest absolute Gasteiger partial charge is 0.421 e. The van der Waals surface area contributed by atoms with Gasteiger partial charge in [0, 0.05) is 0 Å². The van der Waals surface area contributed by atoms with E-state index in [1.807, 2.05) is 0 Å². The van der Waals surface area contributed by atoms with Gasteiger partial charge in [0.15, 0.2) is 0 Å². The topological polar surface area (TPSA) is 105 Å². The molecule has 0 spiro atoms. The number of hydrogen-bond donors (Lipinski definition) is 4. The van der Waals surface area contributed by atoms with Gasteiger partial charge in [0.05, 0.1) is 6.61 Å². The molecule has 0 aliphatic carbocycles. The largest absolute Gasteiger partial charge is 0.446 e. The molecule has 0 saturated heterocycles. The van der Waals surface area contributed by atoms with Crippen molar-refractivity contribution in [2.45, 2.75) is 6.10 Å². The van der Waals surface area contributed by atoms with Gasteiger partial charge in [-0.15, -0.1) is 0 Å². The van der Waals surface area contributed by atoms with Gasteiger partial charge in [0.2, 0.25) is 0 Å². The summed E-state index contributed by atoms with van der Waals surface area (Å²) in [5.41, 5.74) is 1.69. The zero-order chi connectivity index (χ0) is 7.98. The minimum Gasteiger partial charge on any atom is -0.446 e. The molecule has 0 unspecified atom stereocenters. The highest BCUT2D eigenvalue weighted by atomic mass is 16.6. The SMILES string of the molecule is NNC(=O)OC[C@H](O)CO. The molecule has 1 amide bonds. The molecular formula is C4H10N2O4. The number of carbonyl (C=O) groups excluding carboxylic acids is 1. The van der Waals surface area contributed by atoms with Crippen molar-refractivity contribution < 1.29 is 19.7 Å². The summed E-state index contributed by atoms with van der Waals surface area (Å²) in [6, 6.07) is 0. The zero-order valence-corrected chi connectivity index (χ0v) is 5.28. The van der Waals surface area contributed by atoms with Crippen LogP contribution in [-0.4, -0.2) is 35.6 Å². The zero-order valence-electron chi connectivity index (χ0n) is 5.28. The first-order valence-corrected chi connectivity index (χ1v) is 2.63. The summed E-state index contributed by atoms with van der Waals surface area (Å²) in [4.78, 5) is 10.2. The molecule has 6 nitrogen and oxygen atoms in total. The lowest BCUT2D eigenvalue weighted by atomic mass is 10.4. The van der Waals surface area contributed by atoms with Crippen LogP contribution in [0.1, 0.15) is 0 Å². The van der Waals surface area contributed by atoms with Crippen LogP contribution >= 0.6 is 0 Å². The molecule has 1 atom stereocenters. The first-order chi connectivity index (χ1) is 4.70. The lowest BCUT2D eigenvalue weighted by molar-refractivity contribution is 0.0322. The molecule has 10 heavy (non-hydrogen) atoms. The highest BCUT2D eigenvalue weighted by Gasteiger charge is 2.04. The summed E-state index contributed by atoms with van der Waals surface area (Å²) in [6.45, 7) is -0.711. The third-order valence-corrected chi connectivity index (χ3v) is 0.735. The standard InChI is InChI=1S/C4H10N2O4/c5-6-4(9)10-2-3(8)1-7/h3,7-8H,1-2,5H2,(H,6,9)/t3-/m1/s1. The third kappa shape index (κ3) is 4.07. The Labute approximate surface area is 57.6 Å². The maximum absolute atomic E-state index is 10.2. The number of amides is 1. The fourth-order valence-corrected chi connectivity index (χ4v) is 0.266. The van der Waals surface area contributed by atoms with Crippen molar-refractivity contribution in [1.29, 1.82) is 0 Å².